The molecule has 1 atom stereocenters. The smallest absolute Gasteiger partial charge is 0.0702 e. The second kappa shape index (κ2) is 5.70. The first-order valence-electron chi connectivity index (χ1n) is 7.47. The Kier molecular flexibility index (Phi) is 3.79. The lowest BCUT2D eigenvalue weighted by Gasteiger charge is -2.35. The van der Waals surface area contributed by atoms with Crippen molar-refractivity contribution < 1.29 is 0 Å². The predicted octanol–water partition coefficient (Wildman–Crippen LogP) is 4.17. The zero-order chi connectivity index (χ0) is 13.1. The van der Waals surface area contributed by atoms with Gasteiger partial charge >= 0.3 is 0 Å². The monoisotopic (exact) mass is 254 g/mol. The summed E-state index contributed by atoms with van der Waals surface area (Å²) < 4.78 is 0. The van der Waals surface area contributed by atoms with Crippen molar-refractivity contribution in [1.82, 2.24) is 9.88 Å². The van der Waals surface area contributed by atoms with E-state index in [9.17, 15) is 0 Å². The van der Waals surface area contributed by atoms with Crippen LogP contribution in [0.2, 0.25) is 0 Å². The van der Waals surface area contributed by atoms with Crippen LogP contribution in [0.5, 0.6) is 0 Å². The lowest BCUT2D eigenvalue weighted by molar-refractivity contribution is 0.149. The molecule has 3 rings (SSSR count). The van der Waals surface area contributed by atoms with Gasteiger partial charge in [-0.25, -0.2) is 0 Å². The van der Waals surface area contributed by atoms with Crippen molar-refractivity contribution in [2.45, 2.75) is 38.6 Å². The number of rotatable bonds is 3. The molecule has 1 aliphatic rings. The molecule has 2 nitrogen and oxygen atoms in total. The molecule has 1 saturated heterocycles. The fourth-order valence-corrected chi connectivity index (χ4v) is 3.19. The van der Waals surface area contributed by atoms with Gasteiger partial charge in [-0.1, -0.05) is 31.5 Å². The Labute approximate surface area is 115 Å². The molecule has 2 heterocycles. The Hall–Kier alpha value is -1.41. The van der Waals surface area contributed by atoms with Crippen LogP contribution in [0.25, 0.3) is 10.9 Å². The van der Waals surface area contributed by atoms with E-state index in [2.05, 4.69) is 53.3 Å². The van der Waals surface area contributed by atoms with Gasteiger partial charge in [0.25, 0.3) is 0 Å². The van der Waals surface area contributed by atoms with E-state index in [0.29, 0.717) is 6.04 Å². The molecule has 1 fully saturated rings. The molecule has 19 heavy (non-hydrogen) atoms. The number of piperidine rings is 1. The van der Waals surface area contributed by atoms with Gasteiger partial charge in [0.1, 0.15) is 0 Å². The number of benzene rings is 1. The largest absolute Gasteiger partial charge is 0.296 e. The zero-order valence-electron chi connectivity index (χ0n) is 11.7. The second-order valence-electron chi connectivity index (χ2n) is 5.51. The van der Waals surface area contributed by atoms with Gasteiger partial charge in [0.05, 0.1) is 5.52 Å². The molecule has 0 amide bonds. The Morgan fingerprint density at radius 2 is 2.16 bits per heavy atom. The maximum absolute atomic E-state index is 4.62. The molecule has 100 valence electrons. The van der Waals surface area contributed by atoms with Crippen molar-refractivity contribution in [1.29, 1.82) is 0 Å². The van der Waals surface area contributed by atoms with Crippen LogP contribution in [-0.4, -0.2) is 23.0 Å². The molecule has 0 spiro atoms. The SMILES string of the molecule is CCCN1CCCC[C@@H]1c1cnc2ccccc2c1. The van der Waals surface area contributed by atoms with Gasteiger partial charge in [0.15, 0.2) is 0 Å². The van der Waals surface area contributed by atoms with E-state index in [-0.39, 0.29) is 0 Å². The molecule has 2 aromatic rings. The molecule has 1 aromatic heterocycles. The van der Waals surface area contributed by atoms with Crippen LogP contribution in [-0.2, 0) is 0 Å². The van der Waals surface area contributed by atoms with E-state index < -0.39 is 0 Å². The number of hydrogen-bond donors (Lipinski definition) is 0. The summed E-state index contributed by atoms with van der Waals surface area (Å²) in [6.45, 7) is 4.72. The average molecular weight is 254 g/mol. The molecular formula is C17H22N2. The van der Waals surface area contributed by atoms with E-state index in [0.717, 1.165) is 5.52 Å². The highest BCUT2D eigenvalue weighted by Gasteiger charge is 2.23. The predicted molar refractivity (Wildman–Crippen MR) is 80.2 cm³/mol. The summed E-state index contributed by atoms with van der Waals surface area (Å²) in [5.41, 5.74) is 2.50. The van der Waals surface area contributed by atoms with Crippen molar-refractivity contribution in [3.63, 3.8) is 0 Å². The highest BCUT2D eigenvalue weighted by Crippen LogP contribution is 2.31. The Morgan fingerprint density at radius 1 is 1.26 bits per heavy atom. The summed E-state index contributed by atoms with van der Waals surface area (Å²) >= 11 is 0. The van der Waals surface area contributed by atoms with Gasteiger partial charge in [-0.2, -0.15) is 0 Å². The molecule has 0 saturated carbocycles. The second-order valence-corrected chi connectivity index (χ2v) is 5.51. The van der Waals surface area contributed by atoms with Gasteiger partial charge in [-0.15, -0.1) is 0 Å². The lowest BCUT2D eigenvalue weighted by atomic mass is 9.95. The minimum absolute atomic E-state index is 0.575. The van der Waals surface area contributed by atoms with E-state index >= 15 is 0 Å². The summed E-state index contributed by atoms with van der Waals surface area (Å²) in [5, 5.41) is 1.27. The van der Waals surface area contributed by atoms with E-state index in [1.165, 1.54) is 49.7 Å². The number of para-hydroxylation sites is 1. The van der Waals surface area contributed by atoms with Crippen molar-refractivity contribution in [2.24, 2.45) is 0 Å². The Bertz CT molecular complexity index is 548. The minimum atomic E-state index is 0.575. The van der Waals surface area contributed by atoms with E-state index in [1.54, 1.807) is 0 Å². The molecule has 0 radical (unpaired) electrons. The van der Waals surface area contributed by atoms with Crippen LogP contribution in [0.3, 0.4) is 0 Å². The van der Waals surface area contributed by atoms with Crippen molar-refractivity contribution >= 4 is 10.9 Å². The lowest BCUT2D eigenvalue weighted by Crippen LogP contribution is -2.34. The number of hydrogen-bond acceptors (Lipinski definition) is 2. The van der Waals surface area contributed by atoms with Crippen molar-refractivity contribution in [3.05, 3.63) is 42.1 Å². The van der Waals surface area contributed by atoms with Gasteiger partial charge in [-0.05, 0) is 50.0 Å². The summed E-state index contributed by atoms with van der Waals surface area (Å²) in [6.07, 6.45) is 7.29. The summed E-state index contributed by atoms with van der Waals surface area (Å²) in [7, 11) is 0. The molecule has 1 aliphatic heterocycles. The summed E-state index contributed by atoms with van der Waals surface area (Å²) in [4.78, 5) is 7.26. The number of likely N-dealkylation sites (tertiary alicyclic amines) is 1. The number of fused-ring (bicyclic) bond motifs is 1. The molecule has 0 bridgehead atoms. The third-order valence-electron chi connectivity index (χ3n) is 4.12. The normalized spacial score (nSPS) is 20.8. The first-order chi connectivity index (χ1) is 9.38. The standard InChI is InChI=1S/C17H22N2/c1-2-10-19-11-6-5-9-17(19)15-12-14-7-3-4-8-16(14)18-13-15/h3-4,7-8,12-13,17H,2,5-6,9-11H2,1H3/t17-/m1/s1. The van der Waals surface area contributed by atoms with E-state index in [1.807, 2.05) is 0 Å². The van der Waals surface area contributed by atoms with Crippen LogP contribution >= 0.6 is 0 Å². The van der Waals surface area contributed by atoms with Crippen LogP contribution in [0.15, 0.2) is 36.5 Å². The fourth-order valence-electron chi connectivity index (χ4n) is 3.19. The number of pyridine rings is 1. The quantitative estimate of drug-likeness (QED) is 0.817. The first kappa shape index (κ1) is 12.6. The van der Waals surface area contributed by atoms with Crippen LogP contribution in [0.1, 0.15) is 44.2 Å². The molecule has 2 heteroatoms. The zero-order valence-corrected chi connectivity index (χ0v) is 11.7. The van der Waals surface area contributed by atoms with Gasteiger partial charge in [0, 0.05) is 17.6 Å². The first-order valence-corrected chi connectivity index (χ1v) is 7.47. The molecule has 0 unspecified atom stereocenters. The number of nitrogens with zero attached hydrogens (tertiary/aromatic N) is 2. The molecule has 0 N–H and O–H groups in total. The highest BCUT2D eigenvalue weighted by molar-refractivity contribution is 5.78. The van der Waals surface area contributed by atoms with Crippen molar-refractivity contribution in [3.8, 4) is 0 Å². The van der Waals surface area contributed by atoms with E-state index in [4.69, 9.17) is 0 Å². The minimum Gasteiger partial charge on any atom is -0.296 e. The number of aromatic nitrogens is 1. The summed E-state index contributed by atoms with van der Waals surface area (Å²) in [5.74, 6) is 0. The maximum atomic E-state index is 4.62. The van der Waals surface area contributed by atoms with Crippen molar-refractivity contribution in [2.75, 3.05) is 13.1 Å². The molecule has 1 aromatic carbocycles. The van der Waals surface area contributed by atoms with Gasteiger partial charge in [-0.3, -0.25) is 9.88 Å². The van der Waals surface area contributed by atoms with Crippen LogP contribution in [0.4, 0.5) is 0 Å². The molecule has 0 aliphatic carbocycles. The third kappa shape index (κ3) is 2.64. The maximum Gasteiger partial charge on any atom is 0.0702 e. The van der Waals surface area contributed by atoms with Crippen LogP contribution in [0, 0.1) is 0 Å². The summed E-state index contributed by atoms with van der Waals surface area (Å²) in [6, 6.07) is 11.3. The Balaban J connectivity index is 1.92. The van der Waals surface area contributed by atoms with Gasteiger partial charge in [0.2, 0.25) is 0 Å². The Morgan fingerprint density at radius 3 is 3.05 bits per heavy atom. The fraction of sp³-hybridized carbons (Fsp3) is 0.471. The van der Waals surface area contributed by atoms with Crippen LogP contribution < -0.4 is 0 Å². The average Bonchev–Trinajstić information content (AvgIpc) is 2.48. The third-order valence-corrected chi connectivity index (χ3v) is 4.12. The van der Waals surface area contributed by atoms with Gasteiger partial charge < -0.3 is 0 Å². The highest BCUT2D eigenvalue weighted by atomic mass is 15.2. The topological polar surface area (TPSA) is 16.1 Å². The molecular weight excluding hydrogens is 232 g/mol.